The predicted octanol–water partition coefficient (Wildman–Crippen LogP) is 2.77. The molecule has 0 saturated carbocycles. The number of nitrogens with zero attached hydrogens (tertiary/aromatic N) is 1. The van der Waals surface area contributed by atoms with Gasteiger partial charge in [-0.2, -0.15) is 0 Å². The number of nitrogen functional groups attached to an aromatic ring is 1. The van der Waals surface area contributed by atoms with Crippen LogP contribution in [0.1, 0.15) is 15.9 Å². The molecule has 0 aliphatic rings. The number of aliphatic imine (C=N–C) groups is 1. The van der Waals surface area contributed by atoms with Crippen LogP contribution in [0.15, 0.2) is 47.5 Å². The Balaban J connectivity index is 2.51. The minimum atomic E-state index is -0.598. The van der Waals surface area contributed by atoms with Crippen LogP contribution in [-0.4, -0.2) is 24.1 Å². The van der Waals surface area contributed by atoms with Crippen LogP contribution in [-0.2, 0) is 4.74 Å². The molecule has 0 atom stereocenters. The summed E-state index contributed by atoms with van der Waals surface area (Å²) in [5.41, 5.74) is 9.22. The highest BCUT2D eigenvalue weighted by molar-refractivity contribution is 6.34. The molecule has 0 aromatic heterocycles. The highest BCUT2D eigenvalue weighted by Gasteiger charge is 2.14. The zero-order valence-electron chi connectivity index (χ0n) is 11.7. The van der Waals surface area contributed by atoms with Gasteiger partial charge < -0.3 is 10.5 Å². The van der Waals surface area contributed by atoms with E-state index in [1.165, 1.54) is 19.2 Å². The molecule has 2 aromatic rings. The third kappa shape index (κ3) is 3.36. The topological polar surface area (TPSA) is 96.9 Å². The van der Waals surface area contributed by atoms with E-state index >= 15 is 0 Å². The molecule has 2 aromatic carbocycles. The molecule has 0 radical (unpaired) electrons. The van der Waals surface area contributed by atoms with Crippen LogP contribution in [0.5, 0.6) is 0 Å². The van der Waals surface area contributed by atoms with Gasteiger partial charge in [0.15, 0.2) is 5.84 Å². The maximum Gasteiger partial charge on any atom is 0.339 e. The smallest absolute Gasteiger partial charge is 0.339 e. The Morgan fingerprint density at radius 2 is 2.00 bits per heavy atom. The lowest BCUT2D eigenvalue weighted by Gasteiger charge is -2.09. The van der Waals surface area contributed by atoms with E-state index < -0.39 is 5.97 Å². The highest BCUT2D eigenvalue weighted by atomic mass is 35.5. The van der Waals surface area contributed by atoms with Crippen molar-refractivity contribution in [3.63, 3.8) is 0 Å². The summed E-state index contributed by atoms with van der Waals surface area (Å²) in [5.74, 6) is -0.412. The molecule has 0 aliphatic carbocycles. The SMILES string of the molecule is COC(=O)c1cc(N=C(NO)c2ccccc2)c(N)cc1Cl. The number of nitrogens with one attached hydrogen (secondary N) is 1. The number of hydroxylamine groups is 1. The average Bonchev–Trinajstić information content (AvgIpc) is 2.54. The van der Waals surface area contributed by atoms with E-state index in [0.717, 1.165) is 0 Å². The van der Waals surface area contributed by atoms with Gasteiger partial charge in [0.25, 0.3) is 0 Å². The number of halogens is 1. The van der Waals surface area contributed by atoms with Crippen molar-refractivity contribution in [1.82, 2.24) is 5.48 Å². The highest BCUT2D eigenvalue weighted by Crippen LogP contribution is 2.30. The van der Waals surface area contributed by atoms with Crippen molar-refractivity contribution in [2.24, 2.45) is 4.99 Å². The number of hydrogen-bond acceptors (Lipinski definition) is 5. The number of esters is 1. The Hall–Kier alpha value is -2.57. The molecular formula is C15H14ClN3O3. The van der Waals surface area contributed by atoms with Crippen LogP contribution < -0.4 is 11.2 Å². The normalized spacial score (nSPS) is 11.1. The molecule has 0 saturated heterocycles. The van der Waals surface area contributed by atoms with Gasteiger partial charge in [0.2, 0.25) is 0 Å². The standard InChI is InChI=1S/C15H14ClN3O3/c1-22-15(20)10-7-13(12(17)8-11(10)16)18-14(19-21)9-5-3-2-4-6-9/h2-8,21H,17H2,1H3,(H,18,19). The van der Waals surface area contributed by atoms with Crippen LogP contribution in [0.4, 0.5) is 11.4 Å². The lowest BCUT2D eigenvalue weighted by molar-refractivity contribution is 0.0601. The van der Waals surface area contributed by atoms with Gasteiger partial charge in [0.1, 0.15) is 0 Å². The number of benzene rings is 2. The number of anilines is 1. The third-order valence-corrected chi connectivity index (χ3v) is 3.22. The Morgan fingerprint density at radius 1 is 1.32 bits per heavy atom. The fourth-order valence-electron chi connectivity index (χ4n) is 1.81. The molecule has 7 heteroatoms. The fraction of sp³-hybridized carbons (Fsp3) is 0.0667. The summed E-state index contributed by atoms with van der Waals surface area (Å²) < 4.78 is 4.65. The monoisotopic (exact) mass is 319 g/mol. The molecule has 0 heterocycles. The molecule has 0 amide bonds. The first-order chi connectivity index (χ1) is 10.6. The maximum absolute atomic E-state index is 11.7. The zero-order chi connectivity index (χ0) is 16.1. The zero-order valence-corrected chi connectivity index (χ0v) is 12.5. The molecular weight excluding hydrogens is 306 g/mol. The van der Waals surface area contributed by atoms with Crippen LogP contribution >= 0.6 is 11.6 Å². The first-order valence-electron chi connectivity index (χ1n) is 6.28. The number of carbonyl (C=O) groups is 1. The van der Waals surface area contributed by atoms with Crippen molar-refractivity contribution in [1.29, 1.82) is 0 Å². The van der Waals surface area contributed by atoms with E-state index in [1.807, 2.05) is 11.5 Å². The van der Waals surface area contributed by atoms with Gasteiger partial charge in [0.05, 0.1) is 29.1 Å². The molecule has 4 N–H and O–H groups in total. The van der Waals surface area contributed by atoms with Crippen LogP contribution in [0, 0.1) is 0 Å². The number of hydrogen-bond donors (Lipinski definition) is 3. The van der Waals surface area contributed by atoms with Gasteiger partial charge in [-0.25, -0.2) is 9.79 Å². The minimum Gasteiger partial charge on any atom is -0.465 e. The number of amidine groups is 1. The summed E-state index contributed by atoms with van der Waals surface area (Å²) in [7, 11) is 1.25. The second kappa shape index (κ2) is 6.93. The first kappa shape index (κ1) is 15.8. The van der Waals surface area contributed by atoms with E-state index in [0.29, 0.717) is 5.56 Å². The van der Waals surface area contributed by atoms with Gasteiger partial charge in [0, 0.05) is 5.56 Å². The maximum atomic E-state index is 11.7. The number of rotatable bonds is 3. The summed E-state index contributed by atoms with van der Waals surface area (Å²) in [6, 6.07) is 11.8. The lowest BCUT2D eigenvalue weighted by Crippen LogP contribution is -2.20. The molecule has 0 spiro atoms. The number of nitrogens with two attached hydrogens (primary N) is 1. The third-order valence-electron chi connectivity index (χ3n) is 2.91. The second-order valence-corrected chi connectivity index (χ2v) is 4.73. The van der Waals surface area contributed by atoms with Crippen molar-refractivity contribution in [2.45, 2.75) is 0 Å². The van der Waals surface area contributed by atoms with Crippen molar-refractivity contribution in [3.05, 3.63) is 58.6 Å². The van der Waals surface area contributed by atoms with Crippen LogP contribution in [0.3, 0.4) is 0 Å². The summed E-state index contributed by atoms with van der Waals surface area (Å²) in [6.07, 6.45) is 0. The van der Waals surface area contributed by atoms with Crippen LogP contribution in [0.25, 0.3) is 0 Å². The molecule has 0 fully saturated rings. The van der Waals surface area contributed by atoms with Crippen molar-refractivity contribution >= 4 is 34.8 Å². The van der Waals surface area contributed by atoms with Gasteiger partial charge >= 0.3 is 5.97 Å². The summed E-state index contributed by atoms with van der Waals surface area (Å²) in [4.78, 5) is 15.9. The Morgan fingerprint density at radius 3 is 2.59 bits per heavy atom. The van der Waals surface area contributed by atoms with Gasteiger partial charge in [-0.1, -0.05) is 41.9 Å². The minimum absolute atomic E-state index is 0.141. The van der Waals surface area contributed by atoms with Gasteiger partial charge in [-0.15, -0.1) is 0 Å². The van der Waals surface area contributed by atoms with Gasteiger partial charge in [-0.05, 0) is 12.1 Å². The van der Waals surface area contributed by atoms with Crippen LogP contribution in [0.2, 0.25) is 5.02 Å². The molecule has 114 valence electrons. The lowest BCUT2D eigenvalue weighted by atomic mass is 10.1. The molecule has 0 aliphatic heterocycles. The molecule has 0 unspecified atom stereocenters. The van der Waals surface area contributed by atoms with E-state index in [1.54, 1.807) is 24.3 Å². The van der Waals surface area contributed by atoms with E-state index in [4.69, 9.17) is 17.3 Å². The first-order valence-corrected chi connectivity index (χ1v) is 6.66. The van der Waals surface area contributed by atoms with E-state index in [2.05, 4.69) is 9.73 Å². The summed E-state index contributed by atoms with van der Waals surface area (Å²) in [5, 5.41) is 9.44. The van der Waals surface area contributed by atoms with E-state index in [9.17, 15) is 10.0 Å². The predicted molar refractivity (Wildman–Crippen MR) is 84.8 cm³/mol. The number of carbonyl (C=O) groups excluding carboxylic acids is 1. The summed E-state index contributed by atoms with van der Waals surface area (Å²) >= 11 is 5.97. The molecule has 6 nitrogen and oxygen atoms in total. The second-order valence-electron chi connectivity index (χ2n) is 4.32. The van der Waals surface area contributed by atoms with Crippen molar-refractivity contribution < 1.29 is 14.7 Å². The fourth-order valence-corrected chi connectivity index (χ4v) is 2.06. The molecule has 2 rings (SSSR count). The van der Waals surface area contributed by atoms with Crippen molar-refractivity contribution in [3.8, 4) is 0 Å². The molecule has 0 bridgehead atoms. The average molecular weight is 320 g/mol. The Bertz CT molecular complexity index is 717. The largest absolute Gasteiger partial charge is 0.465 e. The Kier molecular flexibility index (Phi) is 4.98. The quantitative estimate of drug-likeness (QED) is 0.266. The Labute approximate surface area is 132 Å². The van der Waals surface area contributed by atoms with Crippen molar-refractivity contribution in [2.75, 3.05) is 12.8 Å². The van der Waals surface area contributed by atoms with Gasteiger partial charge in [-0.3, -0.25) is 10.7 Å². The molecule has 22 heavy (non-hydrogen) atoms. The van der Waals surface area contributed by atoms with E-state index in [-0.39, 0.29) is 27.8 Å². The number of methoxy groups -OCH3 is 1. The number of ether oxygens (including phenoxy) is 1. The summed E-state index contributed by atoms with van der Waals surface area (Å²) in [6.45, 7) is 0.